The quantitative estimate of drug-likeness (QED) is 0.583. The van der Waals surface area contributed by atoms with Gasteiger partial charge < -0.3 is 14.8 Å². The van der Waals surface area contributed by atoms with Crippen molar-refractivity contribution in [2.45, 2.75) is 38.7 Å². The van der Waals surface area contributed by atoms with Gasteiger partial charge in [0.05, 0.1) is 5.71 Å². The van der Waals surface area contributed by atoms with Gasteiger partial charge in [0.25, 0.3) is 5.91 Å². The van der Waals surface area contributed by atoms with Crippen molar-refractivity contribution in [3.63, 3.8) is 0 Å². The second-order valence-electron chi connectivity index (χ2n) is 4.73. The molecule has 2 aliphatic rings. The van der Waals surface area contributed by atoms with Crippen molar-refractivity contribution in [1.82, 2.24) is 4.90 Å². The number of amides is 1. The summed E-state index contributed by atoms with van der Waals surface area (Å²) < 4.78 is 5.42. The second-order valence-corrected chi connectivity index (χ2v) is 4.73. The third-order valence-corrected chi connectivity index (χ3v) is 3.69. The third kappa shape index (κ3) is 2.60. The van der Waals surface area contributed by atoms with E-state index < -0.39 is 0 Å². The van der Waals surface area contributed by atoms with Crippen molar-refractivity contribution in [3.05, 3.63) is 0 Å². The summed E-state index contributed by atoms with van der Waals surface area (Å²) in [6.07, 6.45) is 3.15. The molecule has 2 aliphatic heterocycles. The van der Waals surface area contributed by atoms with Gasteiger partial charge in [0.2, 0.25) is 0 Å². The normalized spacial score (nSPS) is 32.1. The lowest BCUT2D eigenvalue weighted by atomic mass is 9.93. The molecule has 0 aromatic rings. The van der Waals surface area contributed by atoms with Gasteiger partial charge in [-0.25, -0.2) is 0 Å². The van der Waals surface area contributed by atoms with E-state index in [4.69, 9.17) is 9.94 Å². The zero-order chi connectivity index (χ0) is 12.3. The smallest absolute Gasteiger partial charge is 0.251 e. The van der Waals surface area contributed by atoms with E-state index >= 15 is 0 Å². The van der Waals surface area contributed by atoms with E-state index in [2.05, 4.69) is 12.1 Å². The first-order valence-corrected chi connectivity index (χ1v) is 6.37. The van der Waals surface area contributed by atoms with Gasteiger partial charge in [0.1, 0.15) is 6.10 Å². The summed E-state index contributed by atoms with van der Waals surface area (Å²) in [5, 5.41) is 12.2. The molecule has 5 heteroatoms. The lowest BCUT2D eigenvalue weighted by Gasteiger charge is -2.34. The lowest BCUT2D eigenvalue weighted by Crippen LogP contribution is -2.47. The lowest BCUT2D eigenvalue weighted by molar-refractivity contribution is -0.141. The molecule has 2 atom stereocenters. The van der Waals surface area contributed by atoms with Gasteiger partial charge in [-0.3, -0.25) is 4.79 Å². The van der Waals surface area contributed by atoms with Gasteiger partial charge in [-0.15, -0.1) is 0 Å². The summed E-state index contributed by atoms with van der Waals surface area (Å²) in [6.45, 7) is 4.06. The van der Waals surface area contributed by atoms with E-state index in [0.29, 0.717) is 26.1 Å². The van der Waals surface area contributed by atoms with Crippen molar-refractivity contribution in [3.8, 4) is 0 Å². The number of rotatable bonds is 2. The van der Waals surface area contributed by atoms with E-state index in [9.17, 15) is 4.79 Å². The Labute approximate surface area is 101 Å². The molecule has 17 heavy (non-hydrogen) atoms. The van der Waals surface area contributed by atoms with Crippen molar-refractivity contribution in [2.75, 3.05) is 19.7 Å². The number of oxime groups is 1. The maximum atomic E-state index is 12.2. The highest BCUT2D eigenvalue weighted by Gasteiger charge is 2.33. The summed E-state index contributed by atoms with van der Waals surface area (Å²) in [5.74, 6) is 0.303. The molecule has 0 aromatic heterocycles. The van der Waals surface area contributed by atoms with Crippen LogP contribution in [0.25, 0.3) is 0 Å². The second kappa shape index (κ2) is 5.49. The highest BCUT2D eigenvalue weighted by molar-refractivity contribution is 5.90. The van der Waals surface area contributed by atoms with Crippen LogP contribution in [0.3, 0.4) is 0 Å². The molecular weight excluding hydrogens is 220 g/mol. The van der Waals surface area contributed by atoms with Crippen LogP contribution in [0.5, 0.6) is 0 Å². The number of carbonyl (C=O) groups excluding carboxylic acids is 1. The van der Waals surface area contributed by atoms with Crippen LogP contribution in [0.4, 0.5) is 0 Å². The number of carbonyl (C=O) groups is 1. The first kappa shape index (κ1) is 12.4. The first-order valence-electron chi connectivity index (χ1n) is 6.37. The molecule has 5 nitrogen and oxygen atoms in total. The molecule has 2 unspecified atom stereocenters. The average molecular weight is 240 g/mol. The van der Waals surface area contributed by atoms with E-state index in [1.807, 2.05) is 4.90 Å². The van der Waals surface area contributed by atoms with Crippen LogP contribution >= 0.6 is 0 Å². The Morgan fingerprint density at radius 2 is 2.47 bits per heavy atom. The number of hydrogen-bond acceptors (Lipinski definition) is 4. The topological polar surface area (TPSA) is 62.1 Å². The largest absolute Gasteiger partial charge is 0.411 e. The van der Waals surface area contributed by atoms with Gasteiger partial charge in [-0.2, -0.15) is 0 Å². The predicted octanol–water partition coefficient (Wildman–Crippen LogP) is 1.25. The zero-order valence-electron chi connectivity index (χ0n) is 10.3. The fourth-order valence-electron chi connectivity index (χ4n) is 2.59. The van der Waals surface area contributed by atoms with Crippen LogP contribution in [-0.4, -0.2) is 47.5 Å². The predicted molar refractivity (Wildman–Crippen MR) is 63.2 cm³/mol. The van der Waals surface area contributed by atoms with E-state index in [-0.39, 0.29) is 17.9 Å². The Morgan fingerprint density at radius 1 is 1.65 bits per heavy atom. The first-order chi connectivity index (χ1) is 8.26. The minimum absolute atomic E-state index is 0.109. The van der Waals surface area contributed by atoms with Gasteiger partial charge in [-0.05, 0) is 19.3 Å². The van der Waals surface area contributed by atoms with Crippen molar-refractivity contribution in [2.24, 2.45) is 11.1 Å². The molecule has 2 rings (SSSR count). The summed E-state index contributed by atoms with van der Waals surface area (Å²) >= 11 is 0. The summed E-state index contributed by atoms with van der Waals surface area (Å²) in [4.78, 5) is 14.0. The summed E-state index contributed by atoms with van der Waals surface area (Å²) in [6, 6.07) is 0. The van der Waals surface area contributed by atoms with Crippen LogP contribution < -0.4 is 0 Å². The Balaban J connectivity index is 1.96. The highest BCUT2D eigenvalue weighted by Crippen LogP contribution is 2.21. The molecule has 2 fully saturated rings. The Hall–Kier alpha value is -1.10. The fraction of sp³-hybridized carbons (Fsp3) is 0.833. The molecule has 96 valence electrons. The number of hydrogen-bond donors (Lipinski definition) is 1. The molecule has 1 amide bonds. The van der Waals surface area contributed by atoms with Crippen LogP contribution in [-0.2, 0) is 9.53 Å². The fourth-order valence-corrected chi connectivity index (χ4v) is 2.59. The molecule has 0 aromatic carbocycles. The number of piperidine rings is 1. The van der Waals surface area contributed by atoms with Crippen molar-refractivity contribution in [1.29, 1.82) is 0 Å². The number of likely N-dealkylation sites (tertiary alicyclic amines) is 1. The Morgan fingerprint density at radius 3 is 3.06 bits per heavy atom. The van der Waals surface area contributed by atoms with Crippen LogP contribution in [0.15, 0.2) is 5.16 Å². The number of nitrogens with zero attached hydrogens (tertiary/aromatic N) is 2. The molecule has 1 N–H and O–H groups in total. The molecular formula is C12H20N2O3. The SMILES string of the molecule is CCC1CN(C(=O)C2CCCO2)CCC1=NO. The molecule has 0 bridgehead atoms. The Bertz CT molecular complexity index is 311. The minimum atomic E-state index is -0.236. The minimum Gasteiger partial charge on any atom is -0.411 e. The maximum Gasteiger partial charge on any atom is 0.251 e. The van der Waals surface area contributed by atoms with Crippen LogP contribution in [0.2, 0.25) is 0 Å². The van der Waals surface area contributed by atoms with Gasteiger partial charge in [0, 0.05) is 32.0 Å². The van der Waals surface area contributed by atoms with E-state index in [0.717, 1.165) is 25.0 Å². The summed E-state index contributed by atoms with van der Waals surface area (Å²) in [5.41, 5.74) is 0.823. The average Bonchev–Trinajstić information content (AvgIpc) is 2.90. The molecule has 2 heterocycles. The van der Waals surface area contributed by atoms with E-state index in [1.54, 1.807) is 0 Å². The highest BCUT2D eigenvalue weighted by atomic mass is 16.5. The third-order valence-electron chi connectivity index (χ3n) is 3.69. The monoisotopic (exact) mass is 240 g/mol. The zero-order valence-corrected chi connectivity index (χ0v) is 10.3. The molecule has 0 spiro atoms. The number of ether oxygens (including phenoxy) is 1. The standard InChI is InChI=1S/C12H20N2O3/c1-2-9-8-14(6-5-10(9)13-16)12(15)11-4-3-7-17-11/h9,11,16H,2-8H2,1H3. The van der Waals surface area contributed by atoms with Crippen molar-refractivity contribution >= 4 is 11.6 Å². The molecule has 2 saturated heterocycles. The van der Waals surface area contributed by atoms with Gasteiger partial charge in [-0.1, -0.05) is 12.1 Å². The van der Waals surface area contributed by atoms with Crippen LogP contribution in [0, 0.1) is 5.92 Å². The molecule has 0 saturated carbocycles. The van der Waals surface area contributed by atoms with Gasteiger partial charge >= 0.3 is 0 Å². The molecule has 0 radical (unpaired) electrons. The van der Waals surface area contributed by atoms with Crippen molar-refractivity contribution < 1.29 is 14.7 Å². The summed E-state index contributed by atoms with van der Waals surface area (Å²) in [7, 11) is 0. The molecule has 0 aliphatic carbocycles. The Kier molecular flexibility index (Phi) is 3.99. The van der Waals surface area contributed by atoms with Gasteiger partial charge in [0.15, 0.2) is 0 Å². The maximum absolute atomic E-state index is 12.2. The van der Waals surface area contributed by atoms with Crippen LogP contribution in [0.1, 0.15) is 32.6 Å². The van der Waals surface area contributed by atoms with E-state index in [1.165, 1.54) is 0 Å².